The van der Waals surface area contributed by atoms with Gasteiger partial charge in [-0.3, -0.25) is 9.59 Å². The molecule has 1 spiro atoms. The second-order valence-electron chi connectivity index (χ2n) is 28.3. The molecule has 2 bridgehead atoms. The van der Waals surface area contributed by atoms with Crippen LogP contribution >= 0.6 is 0 Å². The molecule has 31 atom stereocenters. The largest absolute Gasteiger partial charge is 0.511 e. The molecule has 10 aliphatic rings. The number of aliphatic hydroxyl groups excluding tert-OH is 5. The lowest BCUT2D eigenvalue weighted by Crippen LogP contribution is -2.62. The molecule has 1 amide bonds. The molecule has 0 aromatic rings. The number of esters is 1. The standard InChI is InChI=1S/C67H101NO20/c1-15-41-16-17-42-24-34(6)57(87-53-29-65(13,77)61(39(11)82-53)68-40(12)69)32(4)22-30(2)44-19-18-43-55(66(44,14)62(74)54-63(75)67(42,28-41)88-64(54)76)31(3)23-33(5)58(43)84-51-26-47(72)59(37(9)80-51)85-52-27-48(83-49-21-20-45(70)35(7)78-49)60(38(10)81-52)86-50-25-46(71)56(73)36(8)79-50/h16-19,22,24,31-33,35-39,41-53,55-61,70-74,77H,15,20-21,23,25-29H2,1-14H3,(H,68,69)/b30-22-,34-24?,62-54?/t31-,32+,33-,35-,36-,37-,38+,39+,41+,42-,43+,44-,45+,46-,47-,48-,49-,50+,51+,52-,53-,55+,56+,57+,58+,59+,60+,61+,65-,66-,67-/m1/s1. The zero-order valence-electron chi connectivity index (χ0n) is 53.9. The highest BCUT2D eigenvalue weighted by atomic mass is 16.8. The van der Waals surface area contributed by atoms with Gasteiger partial charge in [0.15, 0.2) is 37.1 Å². The first kappa shape index (κ1) is 67.4. The molecule has 4 aliphatic carbocycles. The first-order chi connectivity index (χ1) is 41.4. The van der Waals surface area contributed by atoms with Crippen LogP contribution in [0.4, 0.5) is 0 Å². The van der Waals surface area contributed by atoms with E-state index in [-0.39, 0.29) is 78.9 Å². The average molecular weight is 1240 g/mol. The van der Waals surface area contributed by atoms with Gasteiger partial charge in [-0.05, 0) is 104 Å². The Labute approximate surface area is 518 Å². The Morgan fingerprint density at radius 3 is 1.92 bits per heavy atom. The van der Waals surface area contributed by atoms with Crippen LogP contribution in [0.25, 0.3) is 0 Å². The Morgan fingerprint density at radius 2 is 1.27 bits per heavy atom. The van der Waals surface area contributed by atoms with Crippen molar-refractivity contribution in [3.05, 3.63) is 58.9 Å². The summed E-state index contributed by atoms with van der Waals surface area (Å²) in [6, 6.07) is -0.684. The van der Waals surface area contributed by atoms with Crippen LogP contribution in [0, 0.1) is 52.8 Å². The van der Waals surface area contributed by atoms with E-state index in [2.05, 4.69) is 50.4 Å². The van der Waals surface area contributed by atoms with Crippen LogP contribution in [0.2, 0.25) is 0 Å². The maximum Gasteiger partial charge on any atom is 0.346 e. The van der Waals surface area contributed by atoms with Gasteiger partial charge in [-0.2, -0.15) is 0 Å². The normalized spacial score (nSPS) is 50.6. The Hall–Kier alpha value is -3.49. The van der Waals surface area contributed by atoms with Gasteiger partial charge in [0.05, 0.1) is 78.8 Å². The molecule has 0 unspecified atom stereocenters. The summed E-state index contributed by atoms with van der Waals surface area (Å²) in [7, 11) is 0. The minimum atomic E-state index is -1.65. The fraction of sp³-hybridized carbons (Fsp3) is 0.806. The Kier molecular flexibility index (Phi) is 20.3. The van der Waals surface area contributed by atoms with Gasteiger partial charge in [0.25, 0.3) is 0 Å². The first-order valence-corrected chi connectivity index (χ1v) is 32.7. The quantitative estimate of drug-likeness (QED) is 0.0615. The van der Waals surface area contributed by atoms with Gasteiger partial charge in [0.1, 0.15) is 29.6 Å². The molecule has 0 radical (unpaired) electrons. The minimum absolute atomic E-state index is 0.0322. The van der Waals surface area contributed by atoms with Gasteiger partial charge in [0, 0.05) is 74.5 Å². The van der Waals surface area contributed by atoms with Crippen molar-refractivity contribution >= 4 is 17.7 Å². The number of rotatable bonds is 12. The Balaban J connectivity index is 0.913. The molecule has 0 aromatic heterocycles. The smallest absolute Gasteiger partial charge is 0.346 e. The molecule has 21 nitrogen and oxygen atoms in total. The lowest BCUT2D eigenvalue weighted by Gasteiger charge is -2.57. The van der Waals surface area contributed by atoms with Crippen molar-refractivity contribution in [3.8, 4) is 0 Å². The summed E-state index contributed by atoms with van der Waals surface area (Å²) in [5.41, 5.74) is -3.02. The molecule has 7 N–H and O–H groups in total. The zero-order valence-corrected chi connectivity index (χ0v) is 53.9. The van der Waals surface area contributed by atoms with Crippen molar-refractivity contribution in [2.75, 3.05) is 0 Å². The van der Waals surface area contributed by atoms with E-state index >= 15 is 4.79 Å². The number of allylic oxidation sites excluding steroid dienone is 4. The predicted molar refractivity (Wildman–Crippen MR) is 318 cm³/mol. The summed E-state index contributed by atoms with van der Waals surface area (Å²) in [4.78, 5) is 42.6. The summed E-state index contributed by atoms with van der Waals surface area (Å²) in [5.74, 6) is -4.60. The lowest BCUT2D eigenvalue weighted by molar-refractivity contribution is -0.352. The number of fused-ring (bicyclic) bond motifs is 4. The van der Waals surface area contributed by atoms with Crippen molar-refractivity contribution in [1.82, 2.24) is 5.32 Å². The van der Waals surface area contributed by atoms with Crippen LogP contribution in [0.15, 0.2) is 58.9 Å². The van der Waals surface area contributed by atoms with Crippen molar-refractivity contribution in [1.29, 1.82) is 0 Å². The SMILES string of the molecule is CC[C@H]1C=C[C@@H]2C=C(C)[C@@H](O[C@@H]3C[C@@](C)(O)[C@@H](NC(C)=O)[C@H](C)O3)[C@@H](C)/C=C(/C)[C@H]3C=C[C@@H]4[C@@H](O[C@H]5C[C@@H](O)[C@@H](O[C@@H]6C[C@@H](O[C@@H]7CC[C@H](O)[C@@H](C)O7)[C@@H](O[C@H]7C[C@@H](O)[C@@H](O)[C@@H](C)O7)[C@H](C)O6)[C@@H](C)O5)[C@H](C)C[C@@H](C)[C@@H]4[C@]3(C)C(O)=C3C(=O)O[C@@]2(C1)C3=O. The molecule has 6 heterocycles. The Morgan fingerprint density at radius 1 is 0.648 bits per heavy atom. The van der Waals surface area contributed by atoms with E-state index < -0.39 is 169 Å². The van der Waals surface area contributed by atoms with E-state index in [4.69, 9.17) is 52.1 Å². The topological polar surface area (TPSA) is 286 Å². The molecule has 0 aromatic carbocycles. The van der Waals surface area contributed by atoms with Crippen molar-refractivity contribution in [3.63, 3.8) is 0 Å². The van der Waals surface area contributed by atoms with Crippen LogP contribution < -0.4 is 5.32 Å². The molecule has 1 saturated carbocycles. The average Bonchev–Trinajstić information content (AvgIpc) is 1.99. The summed E-state index contributed by atoms with van der Waals surface area (Å²) < 4.78 is 71.8. The molecule has 88 heavy (non-hydrogen) atoms. The third-order valence-electron chi connectivity index (χ3n) is 21.6. The second kappa shape index (κ2) is 26.5. The number of aliphatic hydroxyl groups is 6. The van der Waals surface area contributed by atoms with Crippen molar-refractivity contribution in [2.45, 2.75) is 289 Å². The highest BCUT2D eigenvalue weighted by Gasteiger charge is 2.64. The molecular weight excluding hydrogens is 1140 g/mol. The minimum Gasteiger partial charge on any atom is -0.511 e. The lowest BCUT2D eigenvalue weighted by atomic mass is 9.49. The van der Waals surface area contributed by atoms with E-state index in [1.165, 1.54) is 6.92 Å². The monoisotopic (exact) mass is 1240 g/mol. The van der Waals surface area contributed by atoms with Crippen molar-refractivity contribution < 1.29 is 97.1 Å². The van der Waals surface area contributed by atoms with Crippen molar-refractivity contribution in [2.24, 2.45) is 52.8 Å². The maximum absolute atomic E-state index is 15.6. The van der Waals surface area contributed by atoms with Gasteiger partial charge in [0.2, 0.25) is 11.7 Å². The van der Waals surface area contributed by atoms with E-state index in [1.807, 2.05) is 53.7 Å². The predicted octanol–water partition coefficient (Wildman–Crippen LogP) is 6.60. The van der Waals surface area contributed by atoms with Gasteiger partial charge in [-0.1, -0.05) is 76.6 Å². The number of Topliss-reactive ketones (excluding diaryl/α,β-unsaturated/α-hetero) is 1. The maximum atomic E-state index is 15.6. The van der Waals surface area contributed by atoms with E-state index in [0.29, 0.717) is 25.7 Å². The Bertz CT molecular complexity index is 2670. The first-order valence-electron chi connectivity index (χ1n) is 32.7. The number of amides is 1. The molecule has 6 saturated heterocycles. The third kappa shape index (κ3) is 13.1. The highest BCUT2D eigenvalue weighted by Crippen LogP contribution is 2.61. The fourth-order valence-electron chi connectivity index (χ4n) is 17.0. The van der Waals surface area contributed by atoms with Crippen LogP contribution in [0.1, 0.15) is 155 Å². The summed E-state index contributed by atoms with van der Waals surface area (Å²) in [6.07, 6.45) is 0.521. The molecule has 21 heteroatoms. The molecular formula is C67H101NO20. The van der Waals surface area contributed by atoms with E-state index in [0.717, 1.165) is 11.1 Å². The van der Waals surface area contributed by atoms with Crippen LogP contribution in [-0.2, 0) is 66.5 Å². The molecule has 10 rings (SSSR count). The molecule has 7 fully saturated rings. The van der Waals surface area contributed by atoms with E-state index in [9.17, 15) is 40.2 Å². The van der Waals surface area contributed by atoms with Crippen LogP contribution in [0.3, 0.4) is 0 Å². The highest BCUT2D eigenvalue weighted by molar-refractivity contribution is 6.26. The summed E-state index contributed by atoms with van der Waals surface area (Å²) in [6.45, 7) is 26.2. The molecule has 494 valence electrons. The second-order valence-corrected chi connectivity index (χ2v) is 28.3. The number of carbonyl (C=O) groups is 3. The fourth-order valence-corrected chi connectivity index (χ4v) is 17.0. The number of ketones is 1. The number of hydrogen-bond donors (Lipinski definition) is 7. The summed E-state index contributed by atoms with van der Waals surface area (Å²) >= 11 is 0. The number of hydrogen-bond acceptors (Lipinski definition) is 20. The van der Waals surface area contributed by atoms with Crippen LogP contribution in [-0.4, -0.2) is 182 Å². The molecule has 6 aliphatic heterocycles. The summed E-state index contributed by atoms with van der Waals surface area (Å²) in [5, 5.41) is 71.4. The van der Waals surface area contributed by atoms with E-state index in [1.54, 1.807) is 27.7 Å². The number of ether oxygens (including phenoxy) is 11. The number of carbonyl (C=O) groups excluding carboxylic acids is 3. The third-order valence-corrected chi connectivity index (χ3v) is 21.6. The number of nitrogens with one attached hydrogen (secondary N) is 1. The van der Waals surface area contributed by atoms with Gasteiger partial charge >= 0.3 is 5.97 Å². The van der Waals surface area contributed by atoms with Crippen LogP contribution in [0.5, 0.6) is 0 Å². The van der Waals surface area contributed by atoms with Gasteiger partial charge in [-0.25, -0.2) is 4.79 Å². The van der Waals surface area contributed by atoms with Gasteiger partial charge in [-0.15, -0.1) is 0 Å². The van der Waals surface area contributed by atoms with Gasteiger partial charge < -0.3 is 88.1 Å². The zero-order chi connectivity index (χ0) is 63.8.